The molecule has 1 amide bonds. The number of amides is 1. The number of rotatable bonds is 3. The zero-order valence-corrected chi connectivity index (χ0v) is 10.7. The Kier molecular flexibility index (Phi) is 4.31. The normalized spacial score (nSPS) is 20.7. The summed E-state index contributed by atoms with van der Waals surface area (Å²) in [6, 6.07) is 5.99. The smallest absolute Gasteiger partial charge is 0.251 e. The van der Waals surface area contributed by atoms with E-state index in [9.17, 15) is 9.18 Å². The van der Waals surface area contributed by atoms with Crippen LogP contribution < -0.4 is 5.32 Å². The van der Waals surface area contributed by atoms with Crippen molar-refractivity contribution in [1.82, 2.24) is 10.2 Å². The molecule has 0 radical (unpaired) electrons. The molecule has 1 fully saturated rings. The van der Waals surface area contributed by atoms with Crippen molar-refractivity contribution >= 4 is 5.91 Å². The summed E-state index contributed by atoms with van der Waals surface area (Å²) in [7, 11) is 0. The SMILES string of the molecule is CCN1CCCC(NC(=O)c2cccc(F)c2)C1. The minimum Gasteiger partial charge on any atom is -0.348 e. The number of piperidine rings is 1. The van der Waals surface area contributed by atoms with Gasteiger partial charge in [-0.3, -0.25) is 4.79 Å². The number of hydrogen-bond acceptors (Lipinski definition) is 2. The van der Waals surface area contributed by atoms with Crippen molar-refractivity contribution in [3.8, 4) is 0 Å². The van der Waals surface area contributed by atoms with E-state index in [0.29, 0.717) is 5.56 Å². The lowest BCUT2D eigenvalue weighted by Gasteiger charge is -2.32. The molecule has 4 heteroatoms. The van der Waals surface area contributed by atoms with Gasteiger partial charge in [0.05, 0.1) is 0 Å². The standard InChI is InChI=1S/C14H19FN2O/c1-2-17-8-4-7-13(10-17)16-14(18)11-5-3-6-12(15)9-11/h3,5-6,9,13H,2,4,7-8,10H2,1H3,(H,16,18). The van der Waals surface area contributed by atoms with Gasteiger partial charge >= 0.3 is 0 Å². The molecule has 1 saturated heterocycles. The van der Waals surface area contributed by atoms with E-state index in [0.717, 1.165) is 32.5 Å². The first-order valence-electron chi connectivity index (χ1n) is 6.48. The largest absolute Gasteiger partial charge is 0.348 e. The van der Waals surface area contributed by atoms with Crippen LogP contribution in [0.25, 0.3) is 0 Å². The Balaban J connectivity index is 1.95. The molecule has 1 aromatic rings. The van der Waals surface area contributed by atoms with Crippen LogP contribution in [0.15, 0.2) is 24.3 Å². The Morgan fingerprint density at radius 3 is 3.11 bits per heavy atom. The summed E-state index contributed by atoms with van der Waals surface area (Å²) < 4.78 is 13.0. The predicted octanol–water partition coefficient (Wildman–Crippen LogP) is 2.04. The maximum atomic E-state index is 13.0. The summed E-state index contributed by atoms with van der Waals surface area (Å²) in [5.41, 5.74) is 0.392. The average Bonchev–Trinajstić information content (AvgIpc) is 2.39. The minimum absolute atomic E-state index is 0.175. The molecule has 18 heavy (non-hydrogen) atoms. The van der Waals surface area contributed by atoms with E-state index in [1.165, 1.54) is 12.1 Å². The molecule has 0 aromatic heterocycles. The molecule has 1 aromatic carbocycles. The molecule has 0 saturated carbocycles. The highest BCUT2D eigenvalue weighted by Crippen LogP contribution is 2.11. The lowest BCUT2D eigenvalue weighted by Crippen LogP contribution is -2.47. The van der Waals surface area contributed by atoms with Gasteiger partial charge < -0.3 is 10.2 Å². The van der Waals surface area contributed by atoms with Gasteiger partial charge in [-0.05, 0) is 44.1 Å². The summed E-state index contributed by atoms with van der Waals surface area (Å²) in [5.74, 6) is -0.557. The van der Waals surface area contributed by atoms with Crippen molar-refractivity contribution in [2.45, 2.75) is 25.8 Å². The summed E-state index contributed by atoms with van der Waals surface area (Å²) in [5, 5.41) is 2.98. The van der Waals surface area contributed by atoms with E-state index >= 15 is 0 Å². The number of likely N-dealkylation sites (N-methyl/N-ethyl adjacent to an activating group) is 1. The highest BCUT2D eigenvalue weighted by atomic mass is 19.1. The zero-order valence-electron chi connectivity index (χ0n) is 10.7. The Bertz CT molecular complexity index is 422. The van der Waals surface area contributed by atoms with Gasteiger partial charge in [-0.25, -0.2) is 4.39 Å². The number of likely N-dealkylation sites (tertiary alicyclic amines) is 1. The Morgan fingerprint density at radius 2 is 2.39 bits per heavy atom. The molecular weight excluding hydrogens is 231 g/mol. The second-order valence-electron chi connectivity index (χ2n) is 4.72. The van der Waals surface area contributed by atoms with Crippen LogP contribution in [0.1, 0.15) is 30.1 Å². The predicted molar refractivity (Wildman–Crippen MR) is 69.0 cm³/mol. The molecule has 1 unspecified atom stereocenters. The zero-order chi connectivity index (χ0) is 13.0. The first-order chi connectivity index (χ1) is 8.69. The number of hydrogen-bond donors (Lipinski definition) is 1. The molecule has 98 valence electrons. The van der Waals surface area contributed by atoms with Crippen LogP contribution in [0, 0.1) is 5.82 Å². The number of carbonyl (C=O) groups excluding carboxylic acids is 1. The molecule has 1 heterocycles. The average molecular weight is 250 g/mol. The van der Waals surface area contributed by atoms with Crippen molar-refractivity contribution < 1.29 is 9.18 Å². The molecule has 0 bridgehead atoms. The third-order valence-corrected chi connectivity index (χ3v) is 3.37. The van der Waals surface area contributed by atoms with Gasteiger partial charge in [-0.2, -0.15) is 0 Å². The molecule has 0 aliphatic carbocycles. The minimum atomic E-state index is -0.374. The number of halogens is 1. The van der Waals surface area contributed by atoms with E-state index in [-0.39, 0.29) is 17.8 Å². The Labute approximate surface area is 107 Å². The molecular formula is C14H19FN2O. The van der Waals surface area contributed by atoms with Crippen LogP contribution in [-0.4, -0.2) is 36.5 Å². The number of nitrogens with zero attached hydrogens (tertiary/aromatic N) is 1. The highest BCUT2D eigenvalue weighted by Gasteiger charge is 2.20. The molecule has 1 atom stereocenters. The van der Waals surface area contributed by atoms with E-state index in [2.05, 4.69) is 17.1 Å². The Morgan fingerprint density at radius 1 is 1.56 bits per heavy atom. The van der Waals surface area contributed by atoms with Gasteiger partial charge in [0, 0.05) is 18.2 Å². The van der Waals surface area contributed by atoms with Gasteiger partial charge in [0.2, 0.25) is 0 Å². The summed E-state index contributed by atoms with van der Waals surface area (Å²) in [6.07, 6.45) is 2.10. The van der Waals surface area contributed by atoms with Crippen molar-refractivity contribution in [3.63, 3.8) is 0 Å². The maximum Gasteiger partial charge on any atom is 0.251 e. The van der Waals surface area contributed by atoms with E-state index in [1.54, 1.807) is 12.1 Å². The molecule has 1 N–H and O–H groups in total. The third-order valence-electron chi connectivity index (χ3n) is 3.37. The fraction of sp³-hybridized carbons (Fsp3) is 0.500. The monoisotopic (exact) mass is 250 g/mol. The van der Waals surface area contributed by atoms with E-state index in [4.69, 9.17) is 0 Å². The fourth-order valence-corrected chi connectivity index (χ4v) is 2.36. The number of carbonyl (C=O) groups is 1. The van der Waals surface area contributed by atoms with Gasteiger partial charge in [0.15, 0.2) is 0 Å². The second kappa shape index (κ2) is 5.96. The van der Waals surface area contributed by atoms with E-state index < -0.39 is 0 Å². The molecule has 0 spiro atoms. The number of benzene rings is 1. The van der Waals surface area contributed by atoms with Crippen molar-refractivity contribution in [1.29, 1.82) is 0 Å². The van der Waals surface area contributed by atoms with Crippen molar-refractivity contribution in [2.24, 2.45) is 0 Å². The summed E-state index contributed by atoms with van der Waals surface area (Å²) in [6.45, 7) is 5.11. The molecule has 3 nitrogen and oxygen atoms in total. The lowest BCUT2D eigenvalue weighted by molar-refractivity contribution is 0.0905. The van der Waals surface area contributed by atoms with Crippen molar-refractivity contribution in [3.05, 3.63) is 35.6 Å². The highest BCUT2D eigenvalue weighted by molar-refractivity contribution is 5.94. The third kappa shape index (κ3) is 3.29. The van der Waals surface area contributed by atoms with Crippen LogP contribution in [0.2, 0.25) is 0 Å². The van der Waals surface area contributed by atoms with Crippen LogP contribution >= 0.6 is 0 Å². The quantitative estimate of drug-likeness (QED) is 0.890. The first kappa shape index (κ1) is 13.0. The van der Waals surface area contributed by atoms with E-state index in [1.807, 2.05) is 0 Å². The topological polar surface area (TPSA) is 32.3 Å². The number of nitrogens with one attached hydrogen (secondary N) is 1. The van der Waals surface area contributed by atoms with Gasteiger partial charge in [-0.15, -0.1) is 0 Å². The van der Waals surface area contributed by atoms with Crippen LogP contribution in [0.3, 0.4) is 0 Å². The summed E-state index contributed by atoms with van der Waals surface area (Å²) >= 11 is 0. The molecule has 1 aliphatic rings. The van der Waals surface area contributed by atoms with Gasteiger partial charge in [-0.1, -0.05) is 13.0 Å². The van der Waals surface area contributed by atoms with Crippen LogP contribution in [0.4, 0.5) is 4.39 Å². The second-order valence-corrected chi connectivity index (χ2v) is 4.72. The summed E-state index contributed by atoms with van der Waals surface area (Å²) in [4.78, 5) is 14.3. The molecule has 2 rings (SSSR count). The first-order valence-corrected chi connectivity index (χ1v) is 6.48. The maximum absolute atomic E-state index is 13.0. The van der Waals surface area contributed by atoms with Crippen LogP contribution in [0.5, 0.6) is 0 Å². The van der Waals surface area contributed by atoms with Crippen molar-refractivity contribution in [2.75, 3.05) is 19.6 Å². The fourth-order valence-electron chi connectivity index (χ4n) is 2.36. The molecule has 1 aliphatic heterocycles. The Hall–Kier alpha value is -1.42. The van der Waals surface area contributed by atoms with Gasteiger partial charge in [0.25, 0.3) is 5.91 Å². The van der Waals surface area contributed by atoms with Crippen LogP contribution in [-0.2, 0) is 0 Å². The van der Waals surface area contributed by atoms with Gasteiger partial charge in [0.1, 0.15) is 5.82 Å². The lowest BCUT2D eigenvalue weighted by atomic mass is 10.1.